The molecular weight excluding hydrogens is 508 g/mol. The molecular formula is C26H29ClF4N6. The van der Waals surface area contributed by atoms with Gasteiger partial charge in [-0.1, -0.05) is 18.2 Å². The molecule has 2 fully saturated rings. The smallest absolute Gasteiger partial charge is 0.398 e. The number of nitrogens with two attached hydrogens (primary N) is 1. The molecule has 0 unspecified atom stereocenters. The standard InChI is InChI=1S/C26H29ClF4N6/c1-18(35-10-3-2-4-11-35)34-24(17-23(32)19-7-8-22(28)21(27)16-19)36-12-14-37(15-13-36)25-20(26(29,30)31)6-5-9-33-25/h5-9,16-17H,1-4,10-15,32H2/b23-17-,34-24+. The van der Waals surface area contributed by atoms with Gasteiger partial charge in [0.05, 0.1) is 10.6 Å². The lowest BCUT2D eigenvalue weighted by Crippen LogP contribution is -2.49. The van der Waals surface area contributed by atoms with Crippen molar-refractivity contribution in [1.29, 1.82) is 0 Å². The highest BCUT2D eigenvalue weighted by Gasteiger charge is 2.36. The Morgan fingerprint density at radius 3 is 2.38 bits per heavy atom. The Hall–Kier alpha value is -3.27. The monoisotopic (exact) mass is 536 g/mol. The molecule has 1 aromatic carbocycles. The van der Waals surface area contributed by atoms with Crippen LogP contribution < -0.4 is 10.6 Å². The topological polar surface area (TPSA) is 61.0 Å². The summed E-state index contributed by atoms with van der Waals surface area (Å²) in [4.78, 5) is 14.5. The average Bonchev–Trinajstić information content (AvgIpc) is 2.90. The van der Waals surface area contributed by atoms with Crippen molar-refractivity contribution in [3.05, 3.63) is 77.0 Å². The molecule has 0 spiro atoms. The van der Waals surface area contributed by atoms with E-state index in [1.165, 1.54) is 30.5 Å². The predicted octanol–water partition coefficient (Wildman–Crippen LogP) is 5.37. The van der Waals surface area contributed by atoms with Gasteiger partial charge >= 0.3 is 6.18 Å². The summed E-state index contributed by atoms with van der Waals surface area (Å²) in [5, 5.41) is -0.0468. The van der Waals surface area contributed by atoms with Gasteiger partial charge in [-0.05, 0) is 55.2 Å². The number of anilines is 1. The first kappa shape index (κ1) is 26.8. The number of benzene rings is 1. The third kappa shape index (κ3) is 6.54. The van der Waals surface area contributed by atoms with Crippen LogP contribution in [-0.2, 0) is 6.18 Å². The van der Waals surface area contributed by atoms with Crippen molar-refractivity contribution in [2.45, 2.75) is 25.4 Å². The molecule has 11 heteroatoms. The highest BCUT2D eigenvalue weighted by molar-refractivity contribution is 6.30. The van der Waals surface area contributed by atoms with Crippen LogP contribution in [0.15, 0.2) is 60.0 Å². The number of hydrogen-bond acceptors (Lipinski definition) is 5. The molecule has 1 aromatic heterocycles. The number of piperidine rings is 1. The fraction of sp³-hybridized carbons (Fsp3) is 0.385. The molecule has 2 saturated heterocycles. The van der Waals surface area contributed by atoms with Gasteiger partial charge in [0, 0.05) is 57.2 Å². The number of likely N-dealkylation sites (tertiary alicyclic amines) is 1. The van der Waals surface area contributed by atoms with Crippen LogP contribution in [0.25, 0.3) is 5.70 Å². The first-order valence-electron chi connectivity index (χ1n) is 12.1. The quantitative estimate of drug-likeness (QED) is 0.316. The molecule has 2 aromatic rings. The zero-order valence-electron chi connectivity index (χ0n) is 20.3. The van der Waals surface area contributed by atoms with Gasteiger partial charge in [0.2, 0.25) is 0 Å². The number of amidine groups is 1. The van der Waals surface area contributed by atoms with Gasteiger partial charge in [-0.25, -0.2) is 14.4 Å². The van der Waals surface area contributed by atoms with E-state index < -0.39 is 17.6 Å². The van der Waals surface area contributed by atoms with Crippen LogP contribution >= 0.6 is 11.6 Å². The zero-order chi connectivity index (χ0) is 26.6. The predicted molar refractivity (Wildman–Crippen MR) is 139 cm³/mol. The molecule has 2 aliphatic rings. The average molecular weight is 537 g/mol. The van der Waals surface area contributed by atoms with Gasteiger partial charge in [0.25, 0.3) is 0 Å². The van der Waals surface area contributed by atoms with E-state index in [1.54, 1.807) is 11.0 Å². The van der Waals surface area contributed by atoms with E-state index in [4.69, 9.17) is 22.3 Å². The minimum Gasteiger partial charge on any atom is -0.398 e. The molecule has 0 saturated carbocycles. The number of piperazine rings is 1. The number of pyridine rings is 1. The summed E-state index contributed by atoms with van der Waals surface area (Å²) in [5.74, 6) is 0.504. The van der Waals surface area contributed by atoms with E-state index in [2.05, 4.69) is 16.5 Å². The van der Waals surface area contributed by atoms with Crippen LogP contribution in [0.5, 0.6) is 0 Å². The van der Waals surface area contributed by atoms with Gasteiger partial charge in [0.1, 0.15) is 23.3 Å². The van der Waals surface area contributed by atoms with Crippen molar-refractivity contribution in [2.75, 3.05) is 44.2 Å². The second-order valence-electron chi connectivity index (χ2n) is 9.01. The van der Waals surface area contributed by atoms with Gasteiger partial charge in [-0.2, -0.15) is 13.2 Å². The molecule has 0 aliphatic carbocycles. The van der Waals surface area contributed by atoms with E-state index >= 15 is 0 Å². The molecule has 2 aliphatic heterocycles. The molecule has 37 heavy (non-hydrogen) atoms. The number of aromatic nitrogens is 1. The van der Waals surface area contributed by atoms with E-state index in [-0.39, 0.29) is 10.8 Å². The Balaban J connectivity index is 1.58. The Bertz CT molecular complexity index is 1180. The highest BCUT2D eigenvalue weighted by Crippen LogP contribution is 2.35. The van der Waals surface area contributed by atoms with Gasteiger partial charge in [-0.15, -0.1) is 0 Å². The molecule has 2 N–H and O–H groups in total. The number of alkyl halides is 3. The van der Waals surface area contributed by atoms with Crippen LogP contribution in [-0.4, -0.2) is 59.9 Å². The Labute approximate surface area is 218 Å². The Morgan fingerprint density at radius 1 is 1.03 bits per heavy atom. The summed E-state index contributed by atoms with van der Waals surface area (Å²) in [6.07, 6.45) is 1.82. The Morgan fingerprint density at radius 2 is 1.73 bits per heavy atom. The van der Waals surface area contributed by atoms with Crippen molar-refractivity contribution in [3.8, 4) is 0 Å². The molecule has 0 amide bonds. The summed E-state index contributed by atoms with van der Waals surface area (Å²) in [6.45, 7) is 7.28. The molecule has 6 nitrogen and oxygen atoms in total. The number of hydrogen-bond donors (Lipinski definition) is 1. The Kier molecular flexibility index (Phi) is 8.26. The number of halogens is 5. The van der Waals surface area contributed by atoms with Gasteiger partial charge < -0.3 is 20.4 Å². The molecule has 0 atom stereocenters. The lowest BCUT2D eigenvalue weighted by atomic mass is 10.1. The molecule has 4 rings (SSSR count). The second kappa shape index (κ2) is 11.4. The first-order chi connectivity index (χ1) is 17.6. The summed E-state index contributed by atoms with van der Waals surface area (Å²) >= 11 is 5.94. The third-order valence-corrected chi connectivity index (χ3v) is 6.79. The summed E-state index contributed by atoms with van der Waals surface area (Å²) in [5.41, 5.74) is 6.45. The van der Waals surface area contributed by atoms with Crippen molar-refractivity contribution < 1.29 is 17.6 Å². The fourth-order valence-corrected chi connectivity index (χ4v) is 4.65. The number of nitrogens with zero attached hydrogens (tertiary/aromatic N) is 5. The lowest BCUT2D eigenvalue weighted by Gasteiger charge is -2.38. The lowest BCUT2D eigenvalue weighted by molar-refractivity contribution is -0.137. The van der Waals surface area contributed by atoms with E-state index in [1.807, 2.05) is 4.90 Å². The highest BCUT2D eigenvalue weighted by atomic mass is 35.5. The minimum absolute atomic E-state index is 0.0468. The van der Waals surface area contributed by atoms with Crippen LogP contribution in [0.4, 0.5) is 23.4 Å². The summed E-state index contributed by atoms with van der Waals surface area (Å²) in [7, 11) is 0. The molecule has 0 bridgehead atoms. The van der Waals surface area contributed by atoms with Gasteiger partial charge in [0.15, 0.2) is 0 Å². The normalized spacial score (nSPS) is 17.8. The van der Waals surface area contributed by atoms with Crippen molar-refractivity contribution in [1.82, 2.24) is 14.8 Å². The van der Waals surface area contributed by atoms with Crippen LogP contribution in [0, 0.1) is 5.82 Å². The van der Waals surface area contributed by atoms with E-state index in [0.717, 1.165) is 38.4 Å². The minimum atomic E-state index is -4.49. The van der Waals surface area contributed by atoms with Gasteiger partial charge in [-0.3, -0.25) is 0 Å². The third-order valence-electron chi connectivity index (χ3n) is 6.50. The largest absolute Gasteiger partial charge is 0.419 e. The number of rotatable bonds is 5. The summed E-state index contributed by atoms with van der Waals surface area (Å²) < 4.78 is 54.2. The van der Waals surface area contributed by atoms with Crippen molar-refractivity contribution in [3.63, 3.8) is 0 Å². The number of aliphatic imine (C=N–C) groups is 1. The molecule has 198 valence electrons. The second-order valence-corrected chi connectivity index (χ2v) is 9.42. The van der Waals surface area contributed by atoms with Crippen LogP contribution in [0.3, 0.4) is 0 Å². The first-order valence-corrected chi connectivity index (χ1v) is 12.5. The van der Waals surface area contributed by atoms with Crippen LogP contribution in [0.1, 0.15) is 30.4 Å². The van der Waals surface area contributed by atoms with Crippen molar-refractivity contribution >= 4 is 29.0 Å². The SMILES string of the molecule is C=C(/N=C(\C=C(/N)c1ccc(F)c(Cl)c1)N1CCN(c2ncccc2C(F)(F)F)CC1)N1CCCCC1. The maximum atomic E-state index is 13.7. The van der Waals surface area contributed by atoms with E-state index in [9.17, 15) is 17.6 Å². The van der Waals surface area contributed by atoms with E-state index in [0.29, 0.717) is 49.1 Å². The maximum absolute atomic E-state index is 13.7. The fourth-order valence-electron chi connectivity index (χ4n) is 4.46. The summed E-state index contributed by atoms with van der Waals surface area (Å²) in [6, 6.07) is 6.54. The van der Waals surface area contributed by atoms with Crippen molar-refractivity contribution in [2.24, 2.45) is 10.7 Å². The maximum Gasteiger partial charge on any atom is 0.419 e. The molecule has 3 heterocycles. The zero-order valence-corrected chi connectivity index (χ0v) is 21.1. The van der Waals surface area contributed by atoms with Crippen LogP contribution in [0.2, 0.25) is 5.02 Å². The molecule has 0 radical (unpaired) electrons.